The Morgan fingerprint density at radius 3 is 0.934 bits per heavy atom. The lowest BCUT2D eigenvalue weighted by Gasteiger charge is -2.48. The van der Waals surface area contributed by atoms with Gasteiger partial charge in [0.2, 0.25) is 5.91 Å². The van der Waals surface area contributed by atoms with Gasteiger partial charge in [-0.1, -0.05) is 363 Å². The number of aliphatic hydroxyl groups is 2. The summed E-state index contributed by atoms with van der Waals surface area (Å²) in [5.41, 5.74) is 0. The van der Waals surface area contributed by atoms with Crippen molar-refractivity contribution >= 4 is 51.4 Å². The number of hydrogen-bond donors (Lipinski definition) is 7. The van der Waals surface area contributed by atoms with E-state index >= 15 is 9.59 Å². The zero-order chi connectivity index (χ0) is 88.8. The van der Waals surface area contributed by atoms with E-state index < -0.39 is 164 Å². The largest absolute Gasteiger partial charge is 0.470 e. The van der Waals surface area contributed by atoms with Gasteiger partial charge in [-0.2, -0.15) is 0 Å². The van der Waals surface area contributed by atoms with Gasteiger partial charge in [-0.3, -0.25) is 37.8 Å². The number of rotatable bonds is 83. The van der Waals surface area contributed by atoms with Gasteiger partial charge in [-0.05, 0) is 57.8 Å². The molecule has 0 spiro atoms. The predicted octanol–water partition coefficient (Wildman–Crippen LogP) is 21.9. The molecule has 0 radical (unpaired) electrons. The van der Waals surface area contributed by atoms with Crippen LogP contribution in [0.4, 0.5) is 0 Å². The number of amides is 1. The molecule has 121 heavy (non-hydrogen) atoms. The molecule has 2 fully saturated rings. The van der Waals surface area contributed by atoms with E-state index in [0.29, 0.717) is 44.9 Å². The van der Waals surface area contributed by atoms with Crippen LogP contribution in [0.2, 0.25) is 0 Å². The Hall–Kier alpha value is -3.20. The number of ether oxygens (including phenoxy) is 9. The van der Waals surface area contributed by atoms with Crippen LogP contribution >= 0.6 is 15.6 Å². The number of phosphoric acid groups is 2. The number of hydrogen-bond acceptors (Lipinski definition) is 21. The van der Waals surface area contributed by atoms with Crippen molar-refractivity contribution < 1.29 is 119 Å². The first kappa shape index (κ1) is 114. The monoisotopic (exact) mass is 1770 g/mol. The van der Waals surface area contributed by atoms with Gasteiger partial charge in [-0.25, -0.2) is 9.13 Å². The summed E-state index contributed by atoms with van der Waals surface area (Å²) < 4.78 is 91.8. The molecule has 26 nitrogen and oxygen atoms in total. The highest BCUT2D eigenvalue weighted by Gasteiger charge is 2.56. The third kappa shape index (κ3) is 60.3. The second-order valence-electron chi connectivity index (χ2n) is 34.7. The van der Waals surface area contributed by atoms with E-state index in [2.05, 4.69) is 46.9 Å². The molecular weight excluding hydrogens is 1590 g/mol. The van der Waals surface area contributed by atoms with E-state index in [4.69, 9.17) is 51.7 Å². The Morgan fingerprint density at radius 2 is 0.636 bits per heavy atom. The minimum atomic E-state index is -5.68. The lowest BCUT2D eigenvalue weighted by molar-refractivity contribution is -0.364. The van der Waals surface area contributed by atoms with Crippen molar-refractivity contribution in [3.63, 3.8) is 0 Å². The maximum atomic E-state index is 15.2. The highest BCUT2D eigenvalue weighted by molar-refractivity contribution is 7.46. The van der Waals surface area contributed by atoms with E-state index in [1.54, 1.807) is 0 Å². The van der Waals surface area contributed by atoms with Crippen molar-refractivity contribution in [1.82, 2.24) is 5.32 Å². The Labute approximate surface area is 731 Å². The van der Waals surface area contributed by atoms with Crippen molar-refractivity contribution in [2.24, 2.45) is 0 Å². The van der Waals surface area contributed by atoms with Gasteiger partial charge in [0, 0.05) is 26.4 Å². The summed E-state index contributed by atoms with van der Waals surface area (Å²) in [5, 5.41) is 26.5. The highest BCUT2D eigenvalue weighted by Crippen LogP contribution is 2.44. The first-order chi connectivity index (χ1) is 58.5. The Bertz CT molecular complexity index is 2650. The quantitative estimate of drug-likeness (QED) is 0.0129. The number of unbranched alkanes of at least 4 members (excludes halogenated alkanes) is 50. The van der Waals surface area contributed by atoms with E-state index in [0.717, 1.165) is 251 Å². The minimum Gasteiger partial charge on any atom is -0.462 e. The second-order valence-corrected chi connectivity index (χ2v) is 37.1. The van der Waals surface area contributed by atoms with Crippen LogP contribution in [0, 0.1) is 0 Å². The third-order valence-corrected chi connectivity index (χ3v) is 24.5. The fourth-order valence-electron chi connectivity index (χ4n) is 16.3. The van der Waals surface area contributed by atoms with Gasteiger partial charge in [0.25, 0.3) is 0 Å². The van der Waals surface area contributed by atoms with Gasteiger partial charge >= 0.3 is 45.5 Å². The summed E-state index contributed by atoms with van der Waals surface area (Å²) in [7, 11) is -9.92. The SMILES string of the molecule is CCCCCCCCCCCCCC(=O)O[C@H](CCCCCCCCCCC)CC(=O)O[C@@H]1[C@@H](NC(=O)C[C@@H](CCCCCCCCCCC)OC(=O)CCCCCCCCCCC)[C@@H](O[C@H]2O[C@H](COP(=O)(O)O)[C@@H](OC(=O)C[C@H](CCCCCCCCCCC)OC(=O)CCCCCCCCCCC)[C@H](O)[C@@H]2OC)O[C@H](CO)[C@H]1OP(=O)(O)O. The number of nitrogens with one attached hydrogen (secondary N) is 1. The first-order valence-corrected chi connectivity index (χ1v) is 52.0. The van der Waals surface area contributed by atoms with Gasteiger partial charge in [0.15, 0.2) is 24.8 Å². The summed E-state index contributed by atoms with van der Waals surface area (Å²) in [4.78, 5) is 128. The van der Waals surface area contributed by atoms with Crippen LogP contribution < -0.4 is 5.32 Å². The Kier molecular flexibility index (Phi) is 70.3. The zero-order valence-corrected chi connectivity index (χ0v) is 78.5. The van der Waals surface area contributed by atoms with E-state index in [1.165, 1.54) is 77.0 Å². The van der Waals surface area contributed by atoms with Gasteiger partial charge in [0.05, 0.1) is 32.5 Å². The summed E-state index contributed by atoms with van der Waals surface area (Å²) in [6, 6.07) is -1.94. The molecule has 2 aliphatic heterocycles. The van der Waals surface area contributed by atoms with E-state index in [-0.39, 0.29) is 32.1 Å². The number of phosphoric ester groups is 2. The zero-order valence-electron chi connectivity index (χ0n) is 76.7. The van der Waals surface area contributed by atoms with Crippen LogP contribution in [0.15, 0.2) is 0 Å². The maximum absolute atomic E-state index is 15.2. The topological polar surface area (TPSA) is 372 Å². The van der Waals surface area contributed by atoms with Crippen LogP contribution in [-0.4, -0.2) is 166 Å². The molecule has 2 heterocycles. The fraction of sp³-hybridized carbons (Fsp3) is 0.935. The molecule has 1 amide bonds. The average molecular weight is 1770 g/mol. The molecule has 0 aromatic rings. The lowest BCUT2D eigenvalue weighted by atomic mass is 9.95. The number of carbonyl (C=O) groups is 6. The smallest absolute Gasteiger partial charge is 0.462 e. The molecule has 2 saturated heterocycles. The molecule has 13 atom stereocenters. The van der Waals surface area contributed by atoms with Crippen molar-refractivity contribution in [2.45, 2.75) is 539 Å². The van der Waals surface area contributed by atoms with Gasteiger partial charge < -0.3 is 77.7 Å². The van der Waals surface area contributed by atoms with Crippen molar-refractivity contribution in [3.05, 3.63) is 0 Å². The number of aliphatic hydroxyl groups excluding tert-OH is 2. The van der Waals surface area contributed by atoms with Crippen LogP contribution in [0.3, 0.4) is 0 Å². The maximum Gasteiger partial charge on any atom is 0.470 e. The fourth-order valence-corrected chi connectivity index (χ4v) is 17.2. The molecule has 2 aliphatic rings. The van der Waals surface area contributed by atoms with E-state index in [9.17, 15) is 58.1 Å². The van der Waals surface area contributed by atoms with Crippen LogP contribution in [-0.2, 0) is 89.6 Å². The first-order valence-electron chi connectivity index (χ1n) is 48.9. The lowest BCUT2D eigenvalue weighted by Crippen LogP contribution is -2.68. The number of esters is 5. The predicted molar refractivity (Wildman–Crippen MR) is 473 cm³/mol. The normalized spacial score (nSPS) is 20.2. The van der Waals surface area contributed by atoms with Gasteiger partial charge in [-0.15, -0.1) is 0 Å². The molecule has 0 unspecified atom stereocenters. The molecule has 0 aromatic carbocycles. The molecule has 7 N–H and O–H groups in total. The van der Waals surface area contributed by atoms with Crippen LogP contribution in [0.25, 0.3) is 0 Å². The molecule has 0 aromatic heterocycles. The van der Waals surface area contributed by atoms with Crippen LogP contribution in [0.1, 0.15) is 459 Å². The number of methoxy groups -OCH3 is 1. The summed E-state index contributed by atoms with van der Waals surface area (Å²) in [6.45, 7) is 10.9. The Balaban J connectivity index is 2.80. The summed E-state index contributed by atoms with van der Waals surface area (Å²) in [5.74, 6) is -4.46. The number of carbonyl (C=O) groups excluding carboxylic acids is 6. The standard InChI is InChI=1S/C93H175NO25P2/c1-8-14-20-26-32-38-39-45-51-57-63-69-83(99)113-77(66-60-54-48-42-35-29-23-17-11-4)72-85(101)117-90-86(94-80(96)70-75(64-58-52-46-40-33-27-21-15-9-2)111-81(97)67-61-55-49-43-36-30-24-18-12-5)92(114-78(73-95)89(90)119-121(106,107)108)118-93-91(109-7)87(102)88(79(115-93)74-110-120(103,104)105)116-84(100)71-76(65-59-53-47-41-34-28-22-16-10-3)112-82(98)68-62-56-50-44-37-31-25-19-13-6/h75-79,86-93,95,102H,8-74H2,1-7H3,(H,94,96)(H2,103,104,105)(H2,106,107,108)/t75-,76+,77-,78-,79-,86-,87+,88-,89-,90-,91+,92-,93-/m1/s1. The van der Waals surface area contributed by atoms with Gasteiger partial charge in [0.1, 0.15) is 54.9 Å². The summed E-state index contributed by atoms with van der Waals surface area (Å²) in [6.07, 6.45) is 36.0. The molecule has 2 rings (SSSR count). The Morgan fingerprint density at radius 1 is 0.347 bits per heavy atom. The summed E-state index contributed by atoms with van der Waals surface area (Å²) >= 11 is 0. The van der Waals surface area contributed by atoms with Crippen molar-refractivity contribution in [3.8, 4) is 0 Å². The third-order valence-electron chi connectivity index (χ3n) is 23.5. The van der Waals surface area contributed by atoms with Crippen molar-refractivity contribution in [1.29, 1.82) is 0 Å². The second kappa shape index (κ2) is 74.7. The molecule has 0 aliphatic carbocycles. The molecule has 712 valence electrons. The average Bonchev–Trinajstić information content (AvgIpc) is 0.771. The minimum absolute atomic E-state index is 0.0882. The van der Waals surface area contributed by atoms with Crippen LogP contribution in [0.5, 0.6) is 0 Å². The van der Waals surface area contributed by atoms with E-state index in [1.807, 2.05) is 0 Å². The molecule has 0 saturated carbocycles. The molecule has 0 bridgehead atoms. The molecule has 28 heteroatoms. The highest BCUT2D eigenvalue weighted by atomic mass is 31.2. The molecular formula is C93H175NO25P2. The van der Waals surface area contributed by atoms with Crippen molar-refractivity contribution in [2.75, 3.05) is 20.3 Å².